The molecule has 4 N–H and O–H groups in total. The summed E-state index contributed by atoms with van der Waals surface area (Å²) >= 11 is 0. The maximum Gasteiger partial charge on any atom is 0.227 e. The summed E-state index contributed by atoms with van der Waals surface area (Å²) in [6.45, 7) is 5.51. The van der Waals surface area contributed by atoms with E-state index in [4.69, 9.17) is 20.7 Å². The van der Waals surface area contributed by atoms with Gasteiger partial charge in [0.15, 0.2) is 17.0 Å². The van der Waals surface area contributed by atoms with Crippen molar-refractivity contribution >= 4 is 28.8 Å². The topological polar surface area (TPSA) is 114 Å². The smallest absolute Gasteiger partial charge is 0.227 e. The molecular weight excluding hydrogens is 428 g/mol. The lowest BCUT2D eigenvalue weighted by Gasteiger charge is -2.33. The molecule has 0 aromatic carbocycles. The summed E-state index contributed by atoms with van der Waals surface area (Å²) < 4.78 is 2.26. The van der Waals surface area contributed by atoms with E-state index in [9.17, 15) is 4.79 Å². The van der Waals surface area contributed by atoms with E-state index < -0.39 is 0 Å². The first-order valence-corrected chi connectivity index (χ1v) is 13.3. The summed E-state index contributed by atoms with van der Waals surface area (Å²) in [7, 11) is 0. The van der Waals surface area contributed by atoms with E-state index in [2.05, 4.69) is 15.2 Å². The van der Waals surface area contributed by atoms with Gasteiger partial charge in [-0.3, -0.25) is 4.79 Å². The summed E-state index contributed by atoms with van der Waals surface area (Å²) in [5.74, 6) is 1.79. The molecule has 9 nitrogen and oxygen atoms in total. The van der Waals surface area contributed by atoms with Crippen LogP contribution in [0.25, 0.3) is 11.2 Å². The van der Waals surface area contributed by atoms with Crippen LogP contribution in [0, 0.1) is 5.92 Å². The van der Waals surface area contributed by atoms with Crippen LogP contribution in [0.1, 0.15) is 84.1 Å². The molecular formula is C25H40N8O. The van der Waals surface area contributed by atoms with Gasteiger partial charge in [0.1, 0.15) is 0 Å². The molecule has 5 rings (SSSR count). The Morgan fingerprint density at radius 1 is 0.971 bits per heavy atom. The Kier molecular flexibility index (Phi) is 6.90. The van der Waals surface area contributed by atoms with E-state index in [1.54, 1.807) is 0 Å². The van der Waals surface area contributed by atoms with E-state index in [0.717, 1.165) is 68.6 Å². The number of rotatable bonds is 6. The number of nitrogens with zero attached hydrogens (tertiary/aromatic N) is 5. The minimum Gasteiger partial charge on any atom is -0.365 e. The van der Waals surface area contributed by atoms with Gasteiger partial charge < -0.3 is 25.8 Å². The van der Waals surface area contributed by atoms with Crippen molar-refractivity contribution in [3.8, 4) is 0 Å². The van der Waals surface area contributed by atoms with Crippen molar-refractivity contribution < 1.29 is 4.79 Å². The molecule has 0 spiro atoms. The highest BCUT2D eigenvalue weighted by Gasteiger charge is 2.27. The lowest BCUT2D eigenvalue weighted by Crippen LogP contribution is -2.44. The molecule has 0 bridgehead atoms. The minimum absolute atomic E-state index is 0.0496. The third-order valence-electron chi connectivity index (χ3n) is 7.89. The molecule has 3 fully saturated rings. The Morgan fingerprint density at radius 3 is 2.32 bits per heavy atom. The van der Waals surface area contributed by atoms with E-state index >= 15 is 0 Å². The van der Waals surface area contributed by atoms with Crippen LogP contribution < -0.4 is 16.4 Å². The van der Waals surface area contributed by atoms with E-state index in [-0.39, 0.29) is 17.9 Å². The zero-order chi connectivity index (χ0) is 23.7. The number of hydrogen-bond acceptors (Lipinski definition) is 7. The fourth-order valence-electron chi connectivity index (χ4n) is 5.78. The van der Waals surface area contributed by atoms with Gasteiger partial charge in [-0.1, -0.05) is 26.7 Å². The molecule has 34 heavy (non-hydrogen) atoms. The first kappa shape index (κ1) is 23.3. The average Bonchev–Trinajstić information content (AvgIpc) is 3.50. The van der Waals surface area contributed by atoms with Crippen LogP contribution in [0.5, 0.6) is 0 Å². The van der Waals surface area contributed by atoms with Gasteiger partial charge in [-0.2, -0.15) is 9.97 Å². The molecule has 186 valence electrons. The molecule has 2 saturated carbocycles. The van der Waals surface area contributed by atoms with Gasteiger partial charge in [0, 0.05) is 43.2 Å². The summed E-state index contributed by atoms with van der Waals surface area (Å²) in [6.07, 6.45) is 12.9. The molecule has 3 aliphatic rings. The highest BCUT2D eigenvalue weighted by Crippen LogP contribution is 2.34. The molecule has 2 aromatic rings. The van der Waals surface area contributed by atoms with Crippen LogP contribution in [0.15, 0.2) is 6.33 Å². The standard InChI is InChI=1S/C25H40N8O/c1-16(2)24(34)32-13-11-19(12-14-32)28-22-21-23(33(15-27-21)20-5-3-4-6-20)31-25(30-22)29-18-9-7-17(26)8-10-18/h15-20H,3-14,26H2,1-2H3,(H2,28,29,30,31). The van der Waals surface area contributed by atoms with Gasteiger partial charge in [0.25, 0.3) is 0 Å². The van der Waals surface area contributed by atoms with Crippen molar-refractivity contribution in [3.05, 3.63) is 6.33 Å². The quantitative estimate of drug-likeness (QED) is 0.592. The minimum atomic E-state index is 0.0496. The lowest BCUT2D eigenvalue weighted by atomic mass is 9.92. The number of piperidine rings is 1. The highest BCUT2D eigenvalue weighted by molar-refractivity contribution is 5.84. The highest BCUT2D eigenvalue weighted by atomic mass is 16.2. The normalized spacial score (nSPS) is 24.8. The number of amides is 1. The zero-order valence-corrected chi connectivity index (χ0v) is 20.7. The molecule has 1 saturated heterocycles. The molecule has 9 heteroatoms. The SMILES string of the molecule is CC(C)C(=O)N1CCC(Nc2nc(NC3CCC(N)CC3)nc3c2ncn3C2CCCC2)CC1. The second-order valence-corrected chi connectivity index (χ2v) is 10.8. The maximum absolute atomic E-state index is 12.4. The van der Waals surface area contributed by atoms with Crippen molar-refractivity contribution in [3.63, 3.8) is 0 Å². The molecule has 0 unspecified atom stereocenters. The van der Waals surface area contributed by atoms with Crippen LogP contribution in [0.3, 0.4) is 0 Å². The summed E-state index contributed by atoms with van der Waals surface area (Å²) in [4.78, 5) is 29.0. The predicted molar refractivity (Wildman–Crippen MR) is 135 cm³/mol. The number of nitrogens with one attached hydrogen (secondary N) is 2. The van der Waals surface area contributed by atoms with Crippen LogP contribution in [0.4, 0.5) is 11.8 Å². The Labute approximate surface area is 202 Å². The lowest BCUT2D eigenvalue weighted by molar-refractivity contribution is -0.135. The first-order chi connectivity index (χ1) is 16.5. The number of imidazole rings is 1. The van der Waals surface area contributed by atoms with Crippen molar-refractivity contribution in [1.82, 2.24) is 24.4 Å². The summed E-state index contributed by atoms with van der Waals surface area (Å²) in [5, 5.41) is 7.28. The third-order valence-corrected chi connectivity index (χ3v) is 7.89. The van der Waals surface area contributed by atoms with Crippen molar-refractivity contribution in [2.75, 3.05) is 23.7 Å². The summed E-state index contributed by atoms with van der Waals surface area (Å²) in [6, 6.07) is 1.42. The number of aromatic nitrogens is 4. The van der Waals surface area contributed by atoms with Gasteiger partial charge >= 0.3 is 0 Å². The second-order valence-electron chi connectivity index (χ2n) is 10.8. The second kappa shape index (κ2) is 10.1. The molecule has 2 aromatic heterocycles. The summed E-state index contributed by atoms with van der Waals surface area (Å²) in [5.41, 5.74) is 7.88. The number of carbonyl (C=O) groups is 1. The van der Waals surface area contributed by atoms with Crippen molar-refractivity contribution in [1.29, 1.82) is 0 Å². The van der Waals surface area contributed by atoms with Crippen LogP contribution in [-0.4, -0.2) is 61.5 Å². The van der Waals surface area contributed by atoms with Gasteiger partial charge in [-0.15, -0.1) is 0 Å². The van der Waals surface area contributed by atoms with Gasteiger partial charge in [-0.25, -0.2) is 4.98 Å². The zero-order valence-electron chi connectivity index (χ0n) is 20.7. The number of likely N-dealkylation sites (tertiary alicyclic amines) is 1. The fourth-order valence-corrected chi connectivity index (χ4v) is 5.78. The average molecular weight is 469 g/mol. The molecule has 1 amide bonds. The molecule has 2 aliphatic carbocycles. The van der Waals surface area contributed by atoms with Crippen molar-refractivity contribution in [2.45, 2.75) is 102 Å². The Hall–Kier alpha value is -2.42. The molecule has 3 heterocycles. The van der Waals surface area contributed by atoms with Crippen LogP contribution >= 0.6 is 0 Å². The predicted octanol–water partition coefficient (Wildman–Crippen LogP) is 3.68. The van der Waals surface area contributed by atoms with E-state index in [1.807, 2.05) is 25.1 Å². The monoisotopic (exact) mass is 468 g/mol. The Bertz CT molecular complexity index is 982. The Morgan fingerprint density at radius 2 is 1.65 bits per heavy atom. The number of hydrogen-bond donors (Lipinski definition) is 3. The first-order valence-electron chi connectivity index (χ1n) is 13.3. The number of fused-ring (bicyclic) bond motifs is 1. The molecule has 0 radical (unpaired) electrons. The largest absolute Gasteiger partial charge is 0.365 e. The third kappa shape index (κ3) is 4.99. The maximum atomic E-state index is 12.4. The van der Waals surface area contributed by atoms with E-state index in [0.29, 0.717) is 24.1 Å². The van der Waals surface area contributed by atoms with Crippen LogP contribution in [-0.2, 0) is 4.79 Å². The van der Waals surface area contributed by atoms with Gasteiger partial charge in [-0.05, 0) is 51.4 Å². The number of anilines is 2. The van der Waals surface area contributed by atoms with Gasteiger partial charge in [0.2, 0.25) is 11.9 Å². The molecule has 0 atom stereocenters. The van der Waals surface area contributed by atoms with E-state index in [1.165, 1.54) is 25.7 Å². The fraction of sp³-hybridized carbons (Fsp3) is 0.760. The van der Waals surface area contributed by atoms with Crippen molar-refractivity contribution in [2.24, 2.45) is 11.7 Å². The van der Waals surface area contributed by atoms with Crippen LogP contribution in [0.2, 0.25) is 0 Å². The number of nitrogens with two attached hydrogens (primary N) is 1. The van der Waals surface area contributed by atoms with Gasteiger partial charge in [0.05, 0.1) is 6.33 Å². The molecule has 1 aliphatic heterocycles. The Balaban J connectivity index is 1.37. The number of carbonyl (C=O) groups excluding carboxylic acids is 1.